The lowest BCUT2D eigenvalue weighted by atomic mass is 9.95. The zero-order valence-corrected chi connectivity index (χ0v) is 15.1. The van der Waals surface area contributed by atoms with E-state index in [0.717, 1.165) is 46.7 Å². The molecule has 4 nitrogen and oxygen atoms in total. The van der Waals surface area contributed by atoms with Crippen molar-refractivity contribution >= 4 is 17.9 Å². The maximum atomic E-state index is 12.0. The highest BCUT2D eigenvalue weighted by Gasteiger charge is 2.16. The number of benzene rings is 2. The van der Waals surface area contributed by atoms with Crippen molar-refractivity contribution in [1.29, 1.82) is 0 Å². The Hall–Kier alpha value is -2.63. The van der Waals surface area contributed by atoms with Gasteiger partial charge in [-0.2, -0.15) is 0 Å². The molecule has 4 rings (SSSR count). The summed E-state index contributed by atoms with van der Waals surface area (Å²) >= 11 is 1.61. The summed E-state index contributed by atoms with van der Waals surface area (Å²) in [6.45, 7) is 1.51. The van der Waals surface area contributed by atoms with Gasteiger partial charge in [0.2, 0.25) is 0 Å². The fraction of sp³-hybridized carbons (Fsp3) is 0.143. The quantitative estimate of drug-likeness (QED) is 0.678. The van der Waals surface area contributed by atoms with Gasteiger partial charge in [-0.05, 0) is 71.0 Å². The number of carbonyl (C=O) groups is 1. The number of hydrogen-bond donors (Lipinski definition) is 2. The lowest BCUT2D eigenvalue weighted by molar-refractivity contribution is 0.0946. The van der Waals surface area contributed by atoms with E-state index in [1.54, 1.807) is 24.3 Å². The van der Waals surface area contributed by atoms with Crippen molar-refractivity contribution in [2.45, 2.75) is 17.9 Å². The smallest absolute Gasteiger partial charge is 0.251 e. The van der Waals surface area contributed by atoms with Crippen molar-refractivity contribution in [3.8, 4) is 11.1 Å². The van der Waals surface area contributed by atoms with Gasteiger partial charge in [-0.15, -0.1) is 0 Å². The van der Waals surface area contributed by atoms with Crippen molar-refractivity contribution in [2.75, 3.05) is 6.54 Å². The molecule has 130 valence electrons. The minimum atomic E-state index is 0.0283. The first-order chi connectivity index (χ1) is 12.8. The Bertz CT molecular complexity index is 910. The topological polar surface area (TPSA) is 54.0 Å². The summed E-state index contributed by atoms with van der Waals surface area (Å²) in [5.74, 6) is 0.0283. The molecule has 3 aromatic rings. The molecule has 1 amide bonds. The number of rotatable bonds is 5. The van der Waals surface area contributed by atoms with E-state index in [9.17, 15) is 4.79 Å². The molecule has 0 bridgehead atoms. The molecule has 26 heavy (non-hydrogen) atoms. The Morgan fingerprint density at radius 2 is 1.77 bits per heavy atom. The average molecular weight is 361 g/mol. The SMILES string of the molecule is O=C1NCCc2ccc(-c3ccc(SNCc4ccncc4)cc3)cc21. The van der Waals surface area contributed by atoms with Crippen LogP contribution in [0.5, 0.6) is 0 Å². The summed E-state index contributed by atoms with van der Waals surface area (Å²) < 4.78 is 3.36. The van der Waals surface area contributed by atoms with Crippen LogP contribution in [0.4, 0.5) is 0 Å². The van der Waals surface area contributed by atoms with Crippen LogP contribution in [0.2, 0.25) is 0 Å². The highest BCUT2D eigenvalue weighted by Crippen LogP contribution is 2.26. The molecule has 2 heterocycles. The van der Waals surface area contributed by atoms with E-state index >= 15 is 0 Å². The molecule has 0 spiro atoms. The van der Waals surface area contributed by atoms with Crippen LogP contribution in [0.3, 0.4) is 0 Å². The van der Waals surface area contributed by atoms with Gasteiger partial charge in [0, 0.05) is 35.9 Å². The van der Waals surface area contributed by atoms with Crippen LogP contribution >= 0.6 is 11.9 Å². The standard InChI is InChI=1S/C21H19N3OS/c25-21-20-13-18(2-1-17(20)9-12-23-21)16-3-5-19(6-4-16)26-24-14-15-7-10-22-11-8-15/h1-8,10-11,13,24H,9,12,14H2,(H,23,25). The largest absolute Gasteiger partial charge is 0.352 e. The van der Waals surface area contributed by atoms with Crippen LogP contribution in [0, 0.1) is 0 Å². The van der Waals surface area contributed by atoms with Crippen molar-refractivity contribution in [3.63, 3.8) is 0 Å². The second-order valence-electron chi connectivity index (χ2n) is 6.18. The Morgan fingerprint density at radius 3 is 2.58 bits per heavy atom. The molecular formula is C21H19N3OS. The highest BCUT2D eigenvalue weighted by molar-refractivity contribution is 7.97. The Morgan fingerprint density at radius 1 is 1.00 bits per heavy atom. The molecule has 2 aromatic carbocycles. The Kier molecular flexibility index (Phi) is 5.00. The third-order valence-electron chi connectivity index (χ3n) is 4.44. The van der Waals surface area contributed by atoms with E-state index in [2.05, 4.69) is 51.4 Å². The van der Waals surface area contributed by atoms with E-state index in [-0.39, 0.29) is 5.91 Å². The van der Waals surface area contributed by atoms with E-state index in [1.165, 1.54) is 5.56 Å². The first kappa shape index (κ1) is 16.8. The van der Waals surface area contributed by atoms with Gasteiger partial charge in [0.25, 0.3) is 5.91 Å². The third kappa shape index (κ3) is 3.79. The zero-order valence-electron chi connectivity index (χ0n) is 14.2. The molecule has 0 radical (unpaired) electrons. The fourth-order valence-electron chi connectivity index (χ4n) is 3.01. The average Bonchev–Trinajstić information content (AvgIpc) is 2.70. The number of pyridine rings is 1. The lowest BCUT2D eigenvalue weighted by Gasteiger charge is -2.17. The number of hydrogen-bond acceptors (Lipinski definition) is 4. The Balaban J connectivity index is 1.43. The molecule has 0 fully saturated rings. The third-order valence-corrected chi connectivity index (χ3v) is 5.23. The predicted octanol–water partition coefficient (Wildman–Crippen LogP) is 3.83. The molecule has 0 atom stereocenters. The summed E-state index contributed by atoms with van der Waals surface area (Å²) in [7, 11) is 0. The number of amides is 1. The van der Waals surface area contributed by atoms with Gasteiger partial charge in [0.15, 0.2) is 0 Å². The van der Waals surface area contributed by atoms with Gasteiger partial charge in [0.05, 0.1) is 0 Å². The molecule has 0 saturated carbocycles. The van der Waals surface area contributed by atoms with Crippen LogP contribution in [0.1, 0.15) is 21.5 Å². The number of aromatic nitrogens is 1. The van der Waals surface area contributed by atoms with Crippen LogP contribution in [0.25, 0.3) is 11.1 Å². The van der Waals surface area contributed by atoms with Crippen LogP contribution in [0.15, 0.2) is 71.9 Å². The van der Waals surface area contributed by atoms with Gasteiger partial charge >= 0.3 is 0 Å². The summed E-state index contributed by atoms with van der Waals surface area (Å²) in [6, 6.07) is 18.6. The molecule has 0 aliphatic carbocycles. The normalized spacial score (nSPS) is 13.2. The van der Waals surface area contributed by atoms with Gasteiger partial charge in [-0.1, -0.05) is 24.3 Å². The molecule has 0 saturated heterocycles. The number of fused-ring (bicyclic) bond motifs is 1. The number of nitrogens with one attached hydrogen (secondary N) is 2. The summed E-state index contributed by atoms with van der Waals surface area (Å²) in [5.41, 5.74) is 5.32. The van der Waals surface area contributed by atoms with Crippen LogP contribution in [-0.2, 0) is 13.0 Å². The van der Waals surface area contributed by atoms with E-state index in [0.29, 0.717) is 0 Å². The van der Waals surface area contributed by atoms with Gasteiger partial charge in [-0.3, -0.25) is 14.5 Å². The van der Waals surface area contributed by atoms with Crippen LogP contribution in [-0.4, -0.2) is 17.4 Å². The van der Waals surface area contributed by atoms with E-state index < -0.39 is 0 Å². The second kappa shape index (κ2) is 7.72. The number of nitrogens with zero attached hydrogens (tertiary/aromatic N) is 1. The van der Waals surface area contributed by atoms with Crippen molar-refractivity contribution in [3.05, 3.63) is 83.7 Å². The zero-order chi connectivity index (χ0) is 17.8. The molecule has 2 N–H and O–H groups in total. The van der Waals surface area contributed by atoms with E-state index in [4.69, 9.17) is 0 Å². The minimum absolute atomic E-state index is 0.0283. The van der Waals surface area contributed by atoms with E-state index in [1.807, 2.05) is 18.2 Å². The fourth-order valence-corrected chi connectivity index (χ4v) is 3.69. The highest BCUT2D eigenvalue weighted by atomic mass is 32.2. The lowest BCUT2D eigenvalue weighted by Crippen LogP contribution is -2.31. The van der Waals surface area contributed by atoms with Crippen molar-refractivity contribution < 1.29 is 4.79 Å². The summed E-state index contributed by atoms with van der Waals surface area (Å²) in [6.07, 6.45) is 4.50. The molecule has 1 aliphatic rings. The summed E-state index contributed by atoms with van der Waals surface area (Å²) in [4.78, 5) is 17.2. The first-order valence-electron chi connectivity index (χ1n) is 8.60. The maximum absolute atomic E-state index is 12.0. The predicted molar refractivity (Wildman–Crippen MR) is 105 cm³/mol. The van der Waals surface area contributed by atoms with Gasteiger partial charge in [-0.25, -0.2) is 0 Å². The maximum Gasteiger partial charge on any atom is 0.251 e. The Labute approximate surface area is 157 Å². The molecule has 1 aliphatic heterocycles. The second-order valence-corrected chi connectivity index (χ2v) is 7.15. The number of carbonyl (C=O) groups excluding carboxylic acids is 1. The van der Waals surface area contributed by atoms with Crippen LogP contribution < -0.4 is 10.0 Å². The molecule has 1 aromatic heterocycles. The van der Waals surface area contributed by atoms with Crippen molar-refractivity contribution in [1.82, 2.24) is 15.0 Å². The van der Waals surface area contributed by atoms with Crippen molar-refractivity contribution in [2.24, 2.45) is 0 Å². The molecular weight excluding hydrogens is 342 g/mol. The van der Waals surface area contributed by atoms with Gasteiger partial charge in [0.1, 0.15) is 0 Å². The minimum Gasteiger partial charge on any atom is -0.352 e. The molecule has 5 heteroatoms. The monoisotopic (exact) mass is 361 g/mol. The molecule has 0 unspecified atom stereocenters. The first-order valence-corrected chi connectivity index (χ1v) is 9.41. The summed E-state index contributed by atoms with van der Waals surface area (Å²) in [5, 5.41) is 2.91. The van der Waals surface area contributed by atoms with Gasteiger partial charge < -0.3 is 5.32 Å².